The maximum Gasteiger partial charge on any atom is 0.129 e. The van der Waals surface area contributed by atoms with Crippen molar-refractivity contribution < 1.29 is 8.78 Å². The number of benzene rings is 1. The number of likely N-dealkylation sites (N-methyl/N-ethyl adjacent to an activating group) is 1. The van der Waals surface area contributed by atoms with Crippen molar-refractivity contribution >= 4 is 0 Å². The molecular formula is C14H15F2N3. The van der Waals surface area contributed by atoms with Gasteiger partial charge in [0.25, 0.3) is 0 Å². The van der Waals surface area contributed by atoms with Crippen molar-refractivity contribution in [2.45, 2.75) is 19.4 Å². The van der Waals surface area contributed by atoms with Gasteiger partial charge in [-0.3, -0.25) is 0 Å². The molecule has 2 rings (SSSR count). The van der Waals surface area contributed by atoms with Crippen LogP contribution < -0.4 is 5.32 Å². The number of aryl methyl sites for hydroxylation is 1. The third-order valence-electron chi connectivity index (χ3n) is 2.94. The number of rotatable bonds is 4. The summed E-state index contributed by atoms with van der Waals surface area (Å²) in [6.07, 6.45) is 2.07. The highest BCUT2D eigenvalue weighted by Gasteiger charge is 2.14. The fraction of sp³-hybridized carbons (Fsp3) is 0.286. The molecule has 1 unspecified atom stereocenters. The smallest absolute Gasteiger partial charge is 0.129 e. The Labute approximate surface area is 110 Å². The van der Waals surface area contributed by atoms with Crippen molar-refractivity contribution in [3.63, 3.8) is 0 Å². The molecule has 0 saturated heterocycles. The first-order valence-corrected chi connectivity index (χ1v) is 6.01. The van der Waals surface area contributed by atoms with Crippen LogP contribution in [-0.4, -0.2) is 17.0 Å². The number of nitrogens with zero attached hydrogens (tertiary/aromatic N) is 2. The Kier molecular flexibility index (Phi) is 4.16. The van der Waals surface area contributed by atoms with Gasteiger partial charge in [0, 0.05) is 12.3 Å². The van der Waals surface area contributed by atoms with Crippen LogP contribution in [0, 0.1) is 18.6 Å². The van der Waals surface area contributed by atoms with Crippen LogP contribution in [0.3, 0.4) is 0 Å². The quantitative estimate of drug-likeness (QED) is 0.921. The SMILES string of the molecule is CNC(Cc1ccc(F)cc1F)c1ccnc(C)n1. The summed E-state index contributed by atoms with van der Waals surface area (Å²) in [4.78, 5) is 8.35. The predicted molar refractivity (Wildman–Crippen MR) is 68.6 cm³/mol. The van der Waals surface area contributed by atoms with Crippen molar-refractivity contribution in [1.29, 1.82) is 0 Å². The Morgan fingerprint density at radius 1 is 1.26 bits per heavy atom. The lowest BCUT2D eigenvalue weighted by molar-refractivity contribution is 0.532. The maximum atomic E-state index is 13.6. The highest BCUT2D eigenvalue weighted by Crippen LogP contribution is 2.19. The van der Waals surface area contributed by atoms with Gasteiger partial charge in [-0.25, -0.2) is 18.7 Å². The average Bonchev–Trinajstić information content (AvgIpc) is 2.38. The van der Waals surface area contributed by atoms with Crippen molar-refractivity contribution in [3.8, 4) is 0 Å². The average molecular weight is 263 g/mol. The first-order chi connectivity index (χ1) is 9.10. The zero-order valence-corrected chi connectivity index (χ0v) is 10.8. The van der Waals surface area contributed by atoms with Gasteiger partial charge in [0.15, 0.2) is 0 Å². The van der Waals surface area contributed by atoms with Gasteiger partial charge in [0.2, 0.25) is 0 Å². The van der Waals surface area contributed by atoms with Crippen LogP contribution in [0.5, 0.6) is 0 Å². The summed E-state index contributed by atoms with van der Waals surface area (Å²) in [5, 5.41) is 3.09. The summed E-state index contributed by atoms with van der Waals surface area (Å²) >= 11 is 0. The largest absolute Gasteiger partial charge is 0.311 e. The van der Waals surface area contributed by atoms with Gasteiger partial charge in [0.05, 0.1) is 11.7 Å². The molecule has 1 aromatic carbocycles. The lowest BCUT2D eigenvalue weighted by atomic mass is 10.0. The second-order valence-electron chi connectivity index (χ2n) is 4.31. The number of aromatic nitrogens is 2. The fourth-order valence-corrected chi connectivity index (χ4v) is 1.93. The van der Waals surface area contributed by atoms with Gasteiger partial charge in [0.1, 0.15) is 17.5 Å². The second kappa shape index (κ2) is 5.84. The fourth-order valence-electron chi connectivity index (χ4n) is 1.93. The van der Waals surface area contributed by atoms with Gasteiger partial charge < -0.3 is 5.32 Å². The molecule has 0 bridgehead atoms. The molecule has 0 aliphatic rings. The van der Waals surface area contributed by atoms with E-state index in [0.29, 0.717) is 17.8 Å². The van der Waals surface area contributed by atoms with E-state index in [-0.39, 0.29) is 6.04 Å². The topological polar surface area (TPSA) is 37.8 Å². The monoisotopic (exact) mass is 263 g/mol. The van der Waals surface area contributed by atoms with Crippen LogP contribution >= 0.6 is 0 Å². The van der Waals surface area contributed by atoms with Gasteiger partial charge in [-0.2, -0.15) is 0 Å². The first-order valence-electron chi connectivity index (χ1n) is 6.01. The molecule has 1 aromatic heterocycles. The van der Waals surface area contributed by atoms with Gasteiger partial charge in [-0.05, 0) is 38.1 Å². The molecular weight excluding hydrogens is 248 g/mol. The Bertz CT molecular complexity index is 572. The van der Waals surface area contributed by atoms with E-state index < -0.39 is 11.6 Å². The molecule has 1 atom stereocenters. The van der Waals surface area contributed by atoms with Crippen LogP contribution in [0.15, 0.2) is 30.5 Å². The molecule has 1 heterocycles. The van der Waals surface area contributed by atoms with E-state index in [0.717, 1.165) is 11.8 Å². The Morgan fingerprint density at radius 2 is 2.05 bits per heavy atom. The minimum Gasteiger partial charge on any atom is -0.311 e. The normalized spacial score (nSPS) is 12.4. The van der Waals surface area contributed by atoms with Crippen molar-refractivity contribution in [1.82, 2.24) is 15.3 Å². The Balaban J connectivity index is 2.24. The second-order valence-corrected chi connectivity index (χ2v) is 4.31. The Hall–Kier alpha value is -1.88. The molecule has 19 heavy (non-hydrogen) atoms. The minimum atomic E-state index is -0.569. The van der Waals surface area contributed by atoms with Gasteiger partial charge >= 0.3 is 0 Å². The number of hydrogen-bond acceptors (Lipinski definition) is 3. The minimum absolute atomic E-state index is 0.137. The van der Waals surface area contributed by atoms with Crippen LogP contribution in [0.1, 0.15) is 23.1 Å². The van der Waals surface area contributed by atoms with Crippen LogP contribution in [-0.2, 0) is 6.42 Å². The molecule has 0 spiro atoms. The first kappa shape index (κ1) is 13.5. The van der Waals surface area contributed by atoms with Crippen LogP contribution in [0.25, 0.3) is 0 Å². The Morgan fingerprint density at radius 3 is 2.68 bits per heavy atom. The predicted octanol–water partition coefficient (Wildman–Crippen LogP) is 2.57. The lowest BCUT2D eigenvalue weighted by Gasteiger charge is -2.16. The summed E-state index contributed by atoms with van der Waals surface area (Å²) in [5.74, 6) is -0.441. The van der Waals surface area contributed by atoms with E-state index in [1.165, 1.54) is 12.1 Å². The van der Waals surface area contributed by atoms with E-state index in [1.54, 1.807) is 26.2 Å². The number of nitrogens with one attached hydrogen (secondary N) is 1. The summed E-state index contributed by atoms with van der Waals surface area (Å²) in [6, 6.07) is 5.27. The highest BCUT2D eigenvalue weighted by atomic mass is 19.1. The molecule has 3 nitrogen and oxygen atoms in total. The molecule has 0 saturated carbocycles. The van der Waals surface area contributed by atoms with Crippen molar-refractivity contribution in [3.05, 3.63) is 59.2 Å². The van der Waals surface area contributed by atoms with E-state index in [9.17, 15) is 8.78 Å². The number of halogens is 2. The molecule has 0 radical (unpaired) electrons. The van der Waals surface area contributed by atoms with E-state index >= 15 is 0 Å². The zero-order chi connectivity index (χ0) is 13.8. The van der Waals surface area contributed by atoms with E-state index in [2.05, 4.69) is 15.3 Å². The third-order valence-corrected chi connectivity index (χ3v) is 2.94. The summed E-state index contributed by atoms with van der Waals surface area (Å²) in [7, 11) is 1.78. The summed E-state index contributed by atoms with van der Waals surface area (Å²) in [6.45, 7) is 1.80. The zero-order valence-electron chi connectivity index (χ0n) is 10.8. The molecule has 0 fully saturated rings. The van der Waals surface area contributed by atoms with Crippen LogP contribution in [0.4, 0.5) is 8.78 Å². The van der Waals surface area contributed by atoms with Gasteiger partial charge in [-0.1, -0.05) is 6.07 Å². The molecule has 5 heteroatoms. The maximum absolute atomic E-state index is 13.6. The summed E-state index contributed by atoms with van der Waals surface area (Å²) < 4.78 is 26.5. The molecule has 2 aromatic rings. The van der Waals surface area contributed by atoms with Crippen molar-refractivity contribution in [2.75, 3.05) is 7.05 Å². The highest BCUT2D eigenvalue weighted by molar-refractivity contribution is 5.21. The van der Waals surface area contributed by atoms with Crippen LogP contribution in [0.2, 0.25) is 0 Å². The van der Waals surface area contributed by atoms with E-state index in [4.69, 9.17) is 0 Å². The summed E-state index contributed by atoms with van der Waals surface area (Å²) in [5.41, 5.74) is 1.25. The molecule has 1 N–H and O–H groups in total. The number of hydrogen-bond donors (Lipinski definition) is 1. The molecule has 100 valence electrons. The molecule has 0 aliphatic carbocycles. The lowest BCUT2D eigenvalue weighted by Crippen LogP contribution is -2.21. The molecule has 0 amide bonds. The third kappa shape index (κ3) is 3.32. The molecule has 0 aliphatic heterocycles. The van der Waals surface area contributed by atoms with Crippen molar-refractivity contribution in [2.24, 2.45) is 0 Å². The standard InChI is InChI=1S/C14H15F2N3/c1-9-18-6-5-13(19-9)14(17-2)7-10-3-4-11(15)8-12(10)16/h3-6,8,14,17H,7H2,1-2H3. The van der Waals surface area contributed by atoms with E-state index in [1.807, 2.05) is 0 Å². The van der Waals surface area contributed by atoms with Gasteiger partial charge in [-0.15, -0.1) is 0 Å².